The van der Waals surface area contributed by atoms with Gasteiger partial charge in [0.25, 0.3) is 0 Å². The van der Waals surface area contributed by atoms with E-state index in [4.69, 9.17) is 5.73 Å². The van der Waals surface area contributed by atoms with Crippen molar-refractivity contribution in [3.63, 3.8) is 0 Å². The second-order valence-electron chi connectivity index (χ2n) is 4.80. The van der Waals surface area contributed by atoms with Gasteiger partial charge in [0.05, 0.1) is 18.2 Å². The van der Waals surface area contributed by atoms with Gasteiger partial charge in [0, 0.05) is 6.04 Å². The molecule has 0 saturated heterocycles. The van der Waals surface area contributed by atoms with Gasteiger partial charge in [0.1, 0.15) is 0 Å². The first-order valence-corrected chi connectivity index (χ1v) is 6.06. The molecule has 1 aromatic carbocycles. The number of aliphatic imine (C=N–C) groups is 1. The fourth-order valence-corrected chi connectivity index (χ4v) is 2.43. The third-order valence-corrected chi connectivity index (χ3v) is 3.21. The predicted molar refractivity (Wildman–Crippen MR) is 67.6 cm³/mol. The number of alkyl halides is 3. The van der Waals surface area contributed by atoms with Crippen LogP contribution in [0.2, 0.25) is 0 Å². The molecule has 0 fully saturated rings. The van der Waals surface area contributed by atoms with Crippen molar-refractivity contribution < 1.29 is 13.2 Å². The maximum atomic E-state index is 13.0. The van der Waals surface area contributed by atoms with Crippen LogP contribution < -0.4 is 5.73 Å². The molecule has 0 radical (unpaired) electrons. The number of benzene rings is 1. The van der Waals surface area contributed by atoms with Crippen LogP contribution in [0.5, 0.6) is 0 Å². The molecule has 1 heterocycles. The third kappa shape index (κ3) is 2.52. The second-order valence-corrected chi connectivity index (χ2v) is 4.80. The molecule has 1 aromatic rings. The molecule has 2 rings (SSSR count). The molecule has 0 saturated carbocycles. The van der Waals surface area contributed by atoms with Crippen molar-refractivity contribution >= 4 is 5.96 Å². The lowest BCUT2D eigenvalue weighted by Crippen LogP contribution is -2.41. The van der Waals surface area contributed by atoms with E-state index in [1.807, 2.05) is 13.8 Å². The normalized spacial score (nSPS) is 20.0. The van der Waals surface area contributed by atoms with E-state index in [0.29, 0.717) is 5.96 Å². The van der Waals surface area contributed by atoms with E-state index in [0.717, 1.165) is 6.07 Å². The Balaban J connectivity index is 2.43. The zero-order valence-corrected chi connectivity index (χ0v) is 10.8. The Labute approximate surface area is 109 Å². The maximum absolute atomic E-state index is 13.0. The maximum Gasteiger partial charge on any atom is 0.416 e. The average molecular weight is 271 g/mol. The molecule has 1 aliphatic rings. The minimum Gasteiger partial charge on any atom is -0.370 e. The summed E-state index contributed by atoms with van der Waals surface area (Å²) in [5.41, 5.74) is 5.38. The molecular formula is C13H16F3N3. The lowest BCUT2D eigenvalue weighted by molar-refractivity contribution is -0.138. The minimum absolute atomic E-state index is 0.00228. The van der Waals surface area contributed by atoms with Crippen LogP contribution in [-0.4, -0.2) is 23.4 Å². The van der Waals surface area contributed by atoms with Gasteiger partial charge >= 0.3 is 6.18 Å². The highest BCUT2D eigenvalue weighted by atomic mass is 19.4. The number of nitrogens with zero attached hydrogens (tertiary/aromatic N) is 2. The van der Waals surface area contributed by atoms with Gasteiger partial charge in [-0.25, -0.2) is 0 Å². The lowest BCUT2D eigenvalue weighted by Gasteiger charge is -2.31. The highest BCUT2D eigenvalue weighted by molar-refractivity contribution is 5.80. The first-order chi connectivity index (χ1) is 8.82. The zero-order valence-electron chi connectivity index (χ0n) is 10.8. The Hall–Kier alpha value is -1.72. The first-order valence-electron chi connectivity index (χ1n) is 6.06. The van der Waals surface area contributed by atoms with Crippen LogP contribution in [-0.2, 0) is 6.18 Å². The van der Waals surface area contributed by atoms with Crippen molar-refractivity contribution in [2.75, 3.05) is 6.54 Å². The van der Waals surface area contributed by atoms with Gasteiger partial charge in [-0.2, -0.15) is 13.2 Å². The summed E-state index contributed by atoms with van der Waals surface area (Å²) in [7, 11) is 0. The third-order valence-electron chi connectivity index (χ3n) is 3.21. The van der Waals surface area contributed by atoms with Crippen molar-refractivity contribution in [1.29, 1.82) is 0 Å². The van der Waals surface area contributed by atoms with E-state index in [1.54, 1.807) is 11.0 Å². The van der Waals surface area contributed by atoms with Gasteiger partial charge in [0.15, 0.2) is 5.96 Å². The quantitative estimate of drug-likeness (QED) is 0.898. The van der Waals surface area contributed by atoms with Gasteiger partial charge in [-0.05, 0) is 25.5 Å². The van der Waals surface area contributed by atoms with Gasteiger partial charge in [-0.1, -0.05) is 18.2 Å². The average Bonchev–Trinajstić information content (AvgIpc) is 2.70. The number of nitrogens with two attached hydrogens (primary N) is 1. The lowest BCUT2D eigenvalue weighted by atomic mass is 9.98. The molecule has 0 aromatic heterocycles. The smallest absolute Gasteiger partial charge is 0.370 e. The van der Waals surface area contributed by atoms with Crippen LogP contribution in [0.1, 0.15) is 31.0 Å². The molecule has 19 heavy (non-hydrogen) atoms. The van der Waals surface area contributed by atoms with Crippen LogP contribution in [0.3, 0.4) is 0 Å². The molecule has 1 aliphatic heterocycles. The number of rotatable bonds is 2. The number of guanidine groups is 1. The molecule has 2 N–H and O–H groups in total. The van der Waals surface area contributed by atoms with Crippen LogP contribution in [0.25, 0.3) is 0 Å². The summed E-state index contributed by atoms with van der Waals surface area (Å²) in [5, 5.41) is 0. The summed E-state index contributed by atoms with van der Waals surface area (Å²) in [6, 6.07) is 5.15. The highest BCUT2D eigenvalue weighted by Gasteiger charge is 2.38. The Morgan fingerprint density at radius 3 is 2.53 bits per heavy atom. The molecule has 3 nitrogen and oxygen atoms in total. The fraction of sp³-hybridized carbons (Fsp3) is 0.462. The van der Waals surface area contributed by atoms with E-state index in [2.05, 4.69) is 4.99 Å². The summed E-state index contributed by atoms with van der Waals surface area (Å²) in [5.74, 6) is 0.303. The van der Waals surface area contributed by atoms with Crippen molar-refractivity contribution in [1.82, 2.24) is 4.90 Å². The SMILES string of the molecule is CC(C)N1C(N)=NCC1c1ccccc1C(F)(F)F. The predicted octanol–water partition coefficient (Wildman–Crippen LogP) is 2.79. The van der Waals surface area contributed by atoms with Gasteiger partial charge in [-0.3, -0.25) is 4.99 Å². The molecule has 6 heteroatoms. The van der Waals surface area contributed by atoms with E-state index in [1.165, 1.54) is 12.1 Å². The summed E-state index contributed by atoms with van der Waals surface area (Å²) < 4.78 is 39.1. The monoisotopic (exact) mass is 271 g/mol. The number of halogens is 3. The largest absolute Gasteiger partial charge is 0.416 e. The molecular weight excluding hydrogens is 255 g/mol. The Bertz CT molecular complexity index is 494. The molecule has 0 amide bonds. The summed E-state index contributed by atoms with van der Waals surface area (Å²) in [4.78, 5) is 5.80. The van der Waals surface area contributed by atoms with Crippen LogP contribution in [0.15, 0.2) is 29.3 Å². The Kier molecular flexibility index (Phi) is 3.43. The van der Waals surface area contributed by atoms with Gasteiger partial charge in [-0.15, -0.1) is 0 Å². The van der Waals surface area contributed by atoms with E-state index >= 15 is 0 Å². The molecule has 0 spiro atoms. The van der Waals surface area contributed by atoms with E-state index < -0.39 is 17.8 Å². The molecule has 0 aliphatic carbocycles. The minimum atomic E-state index is -4.36. The Morgan fingerprint density at radius 2 is 1.95 bits per heavy atom. The van der Waals surface area contributed by atoms with Crippen LogP contribution in [0.4, 0.5) is 13.2 Å². The Morgan fingerprint density at radius 1 is 1.32 bits per heavy atom. The highest BCUT2D eigenvalue weighted by Crippen LogP contribution is 2.38. The van der Waals surface area contributed by atoms with Gasteiger partial charge in [0.2, 0.25) is 0 Å². The first kappa shape index (κ1) is 13.7. The van der Waals surface area contributed by atoms with E-state index in [-0.39, 0.29) is 18.2 Å². The summed E-state index contributed by atoms with van der Waals surface area (Å²) >= 11 is 0. The van der Waals surface area contributed by atoms with Crippen molar-refractivity contribution in [2.24, 2.45) is 10.7 Å². The fourth-order valence-electron chi connectivity index (χ4n) is 2.43. The zero-order chi connectivity index (χ0) is 14.2. The van der Waals surface area contributed by atoms with Crippen LogP contribution in [0, 0.1) is 0 Å². The second kappa shape index (κ2) is 4.75. The van der Waals surface area contributed by atoms with Crippen molar-refractivity contribution in [3.05, 3.63) is 35.4 Å². The molecule has 104 valence electrons. The number of hydrogen-bond acceptors (Lipinski definition) is 3. The van der Waals surface area contributed by atoms with Crippen molar-refractivity contribution in [3.8, 4) is 0 Å². The topological polar surface area (TPSA) is 41.6 Å². The van der Waals surface area contributed by atoms with Gasteiger partial charge < -0.3 is 10.6 Å². The molecule has 1 atom stereocenters. The molecule has 0 bridgehead atoms. The summed E-state index contributed by atoms with van der Waals surface area (Å²) in [6.45, 7) is 4.03. The molecule has 1 unspecified atom stereocenters. The van der Waals surface area contributed by atoms with Crippen molar-refractivity contribution in [2.45, 2.75) is 32.1 Å². The standard InChI is InChI=1S/C13H16F3N3/c1-8(2)19-11(7-18-12(19)17)9-5-3-4-6-10(9)13(14,15)16/h3-6,8,11H,7H2,1-2H3,(H2,17,18). The van der Waals surface area contributed by atoms with Crippen LogP contribution >= 0.6 is 0 Å². The van der Waals surface area contributed by atoms with E-state index in [9.17, 15) is 13.2 Å². The summed E-state index contributed by atoms with van der Waals surface area (Å²) in [6.07, 6.45) is -4.36. The number of hydrogen-bond donors (Lipinski definition) is 1.